The molecule has 0 unspecified atom stereocenters. The molecule has 134 valence electrons. The molecule has 1 aliphatic rings. The van der Waals surface area contributed by atoms with Gasteiger partial charge in [-0.25, -0.2) is 0 Å². The minimum atomic E-state index is -4.08. The standard InChI is InChI=1S/C18H19Cl2NO3S/c1-21-18-12(10-25(22,23)24)8-15(13-4-2-3-5-14(13)18)11-6-7-16(19)17(20)9-11/h2-7,9,12,15,18,21H,8,10H2,1H3,(H,22,23,24)/t12-,15+,18-/m0/s1. The lowest BCUT2D eigenvalue weighted by Crippen LogP contribution is -2.36. The van der Waals surface area contributed by atoms with Gasteiger partial charge in [-0.05, 0) is 48.2 Å². The number of fused-ring (bicyclic) bond motifs is 1. The lowest BCUT2D eigenvalue weighted by atomic mass is 9.72. The third kappa shape index (κ3) is 4.01. The highest BCUT2D eigenvalue weighted by Gasteiger charge is 2.36. The second-order valence-electron chi connectivity index (χ2n) is 6.37. The van der Waals surface area contributed by atoms with Crippen LogP contribution in [0, 0.1) is 5.92 Å². The SMILES string of the molecule is CN[C@@H]1c2ccccc2[C@@H](c2ccc(Cl)c(Cl)c2)C[C@H]1CS(=O)(=O)O. The Labute approximate surface area is 157 Å². The molecule has 3 rings (SSSR count). The Hall–Kier alpha value is -1.11. The van der Waals surface area contributed by atoms with Gasteiger partial charge in [-0.15, -0.1) is 0 Å². The van der Waals surface area contributed by atoms with E-state index in [2.05, 4.69) is 11.4 Å². The number of nitrogens with one attached hydrogen (secondary N) is 1. The van der Waals surface area contributed by atoms with Crippen molar-refractivity contribution < 1.29 is 13.0 Å². The minimum Gasteiger partial charge on any atom is -0.313 e. The molecule has 0 aromatic heterocycles. The normalized spacial score (nSPS) is 23.3. The van der Waals surface area contributed by atoms with Crippen LogP contribution >= 0.6 is 23.2 Å². The first-order valence-electron chi connectivity index (χ1n) is 7.96. The fraction of sp³-hybridized carbons (Fsp3) is 0.333. The molecule has 2 N–H and O–H groups in total. The summed E-state index contributed by atoms with van der Waals surface area (Å²) in [7, 11) is -2.27. The maximum atomic E-state index is 11.5. The van der Waals surface area contributed by atoms with Crippen LogP contribution in [0.4, 0.5) is 0 Å². The van der Waals surface area contributed by atoms with Gasteiger partial charge in [0, 0.05) is 12.0 Å². The Kier molecular flexibility index (Phi) is 5.42. The van der Waals surface area contributed by atoms with Gasteiger partial charge in [0.1, 0.15) is 0 Å². The van der Waals surface area contributed by atoms with Crippen molar-refractivity contribution in [2.45, 2.75) is 18.4 Å². The molecule has 2 aromatic rings. The van der Waals surface area contributed by atoms with Crippen LogP contribution in [0.25, 0.3) is 0 Å². The van der Waals surface area contributed by atoms with Crippen LogP contribution in [0.3, 0.4) is 0 Å². The third-order valence-electron chi connectivity index (χ3n) is 4.80. The lowest BCUT2D eigenvalue weighted by Gasteiger charge is -2.38. The van der Waals surface area contributed by atoms with Gasteiger partial charge >= 0.3 is 0 Å². The van der Waals surface area contributed by atoms with Crippen LogP contribution in [0.1, 0.15) is 35.1 Å². The van der Waals surface area contributed by atoms with Gasteiger partial charge in [0.15, 0.2) is 0 Å². The molecule has 0 fully saturated rings. The molecule has 0 aliphatic heterocycles. The topological polar surface area (TPSA) is 66.4 Å². The molecule has 25 heavy (non-hydrogen) atoms. The summed E-state index contributed by atoms with van der Waals surface area (Å²) in [5, 5.41) is 4.16. The Morgan fingerprint density at radius 2 is 1.80 bits per heavy atom. The molecule has 3 atom stereocenters. The van der Waals surface area contributed by atoms with Gasteiger partial charge in [-0.1, -0.05) is 53.5 Å². The Morgan fingerprint density at radius 1 is 1.12 bits per heavy atom. The summed E-state index contributed by atoms with van der Waals surface area (Å²) in [6.07, 6.45) is 0.584. The van der Waals surface area contributed by atoms with Gasteiger partial charge in [-0.2, -0.15) is 8.42 Å². The number of benzene rings is 2. The summed E-state index contributed by atoms with van der Waals surface area (Å²) in [6.45, 7) is 0. The molecule has 0 amide bonds. The summed E-state index contributed by atoms with van der Waals surface area (Å²) >= 11 is 12.2. The predicted octanol–water partition coefficient (Wildman–Crippen LogP) is 4.29. The Balaban J connectivity index is 2.09. The third-order valence-corrected chi connectivity index (χ3v) is 6.39. The van der Waals surface area contributed by atoms with E-state index in [4.69, 9.17) is 23.2 Å². The first-order valence-corrected chi connectivity index (χ1v) is 10.3. The van der Waals surface area contributed by atoms with Crippen LogP contribution in [0.5, 0.6) is 0 Å². The van der Waals surface area contributed by atoms with Crippen LogP contribution in [-0.4, -0.2) is 25.8 Å². The number of hydrogen-bond donors (Lipinski definition) is 2. The van der Waals surface area contributed by atoms with Crippen molar-refractivity contribution in [2.24, 2.45) is 5.92 Å². The Bertz CT molecular complexity index is 886. The van der Waals surface area contributed by atoms with Crippen LogP contribution < -0.4 is 5.32 Å². The first kappa shape index (κ1) is 18.7. The zero-order chi connectivity index (χ0) is 18.2. The number of halogens is 2. The van der Waals surface area contributed by atoms with Crippen molar-refractivity contribution in [2.75, 3.05) is 12.8 Å². The largest absolute Gasteiger partial charge is 0.313 e. The molecular weight excluding hydrogens is 381 g/mol. The molecule has 2 aromatic carbocycles. The monoisotopic (exact) mass is 399 g/mol. The average Bonchev–Trinajstić information content (AvgIpc) is 2.55. The van der Waals surface area contributed by atoms with E-state index in [1.165, 1.54) is 0 Å². The van der Waals surface area contributed by atoms with Crippen molar-refractivity contribution in [3.8, 4) is 0 Å². The van der Waals surface area contributed by atoms with Gasteiger partial charge < -0.3 is 5.32 Å². The van der Waals surface area contributed by atoms with Gasteiger partial charge in [0.2, 0.25) is 0 Å². The van der Waals surface area contributed by atoms with E-state index in [1.807, 2.05) is 30.3 Å². The molecule has 0 bridgehead atoms. The number of rotatable bonds is 4. The predicted molar refractivity (Wildman–Crippen MR) is 101 cm³/mol. The highest BCUT2D eigenvalue weighted by Crippen LogP contribution is 2.45. The Morgan fingerprint density at radius 3 is 2.40 bits per heavy atom. The number of hydrogen-bond acceptors (Lipinski definition) is 3. The average molecular weight is 400 g/mol. The van der Waals surface area contributed by atoms with Crippen LogP contribution in [0.2, 0.25) is 10.0 Å². The lowest BCUT2D eigenvalue weighted by molar-refractivity contribution is 0.338. The molecule has 1 aliphatic carbocycles. The molecule has 7 heteroatoms. The fourth-order valence-electron chi connectivity index (χ4n) is 3.80. The van der Waals surface area contributed by atoms with E-state index < -0.39 is 10.1 Å². The van der Waals surface area contributed by atoms with E-state index in [0.717, 1.165) is 16.7 Å². The maximum absolute atomic E-state index is 11.5. The molecule has 0 spiro atoms. The van der Waals surface area contributed by atoms with Gasteiger partial charge in [0.05, 0.1) is 15.8 Å². The van der Waals surface area contributed by atoms with Crippen molar-refractivity contribution in [1.29, 1.82) is 0 Å². The van der Waals surface area contributed by atoms with Crippen LogP contribution in [0.15, 0.2) is 42.5 Å². The van der Waals surface area contributed by atoms with Crippen molar-refractivity contribution in [3.63, 3.8) is 0 Å². The maximum Gasteiger partial charge on any atom is 0.265 e. The first-order chi connectivity index (χ1) is 11.8. The molecule has 0 saturated carbocycles. The van der Waals surface area contributed by atoms with E-state index in [1.54, 1.807) is 13.1 Å². The molecule has 0 heterocycles. The van der Waals surface area contributed by atoms with Crippen molar-refractivity contribution in [3.05, 3.63) is 69.2 Å². The van der Waals surface area contributed by atoms with Gasteiger partial charge in [0.25, 0.3) is 10.1 Å². The summed E-state index contributed by atoms with van der Waals surface area (Å²) in [5.74, 6) is -0.554. The smallest absolute Gasteiger partial charge is 0.265 e. The van der Waals surface area contributed by atoms with E-state index in [9.17, 15) is 13.0 Å². The molecule has 0 saturated heterocycles. The highest BCUT2D eigenvalue weighted by molar-refractivity contribution is 7.85. The summed E-state index contributed by atoms with van der Waals surface area (Å²) in [4.78, 5) is 0. The van der Waals surface area contributed by atoms with Gasteiger partial charge in [-0.3, -0.25) is 4.55 Å². The zero-order valence-corrected chi connectivity index (χ0v) is 15.9. The molecule has 4 nitrogen and oxygen atoms in total. The second kappa shape index (κ2) is 7.25. The van der Waals surface area contributed by atoms with E-state index in [0.29, 0.717) is 16.5 Å². The summed E-state index contributed by atoms with van der Waals surface area (Å²) in [5.41, 5.74) is 3.16. The van der Waals surface area contributed by atoms with E-state index >= 15 is 0 Å². The molecule has 0 radical (unpaired) electrons. The molecular formula is C18H19Cl2NO3S. The van der Waals surface area contributed by atoms with Crippen LogP contribution in [-0.2, 0) is 10.1 Å². The van der Waals surface area contributed by atoms with E-state index in [-0.39, 0.29) is 23.6 Å². The summed E-state index contributed by atoms with van der Waals surface area (Å²) in [6, 6.07) is 13.3. The highest BCUT2D eigenvalue weighted by atomic mass is 35.5. The van der Waals surface area contributed by atoms with Crippen molar-refractivity contribution >= 4 is 33.3 Å². The zero-order valence-electron chi connectivity index (χ0n) is 13.6. The summed E-state index contributed by atoms with van der Waals surface area (Å²) < 4.78 is 32.4. The fourth-order valence-corrected chi connectivity index (χ4v) is 4.98. The second-order valence-corrected chi connectivity index (χ2v) is 8.68. The quantitative estimate of drug-likeness (QED) is 0.752. The minimum absolute atomic E-state index is 0.0117. The van der Waals surface area contributed by atoms with Crippen molar-refractivity contribution in [1.82, 2.24) is 5.32 Å².